The van der Waals surface area contributed by atoms with Gasteiger partial charge in [-0.3, -0.25) is 4.79 Å². The molecule has 9 heteroatoms. The number of rotatable bonds is 6. The van der Waals surface area contributed by atoms with Crippen molar-refractivity contribution in [2.45, 2.75) is 44.0 Å². The molecular weight excluding hydrogens is 322 g/mol. The number of carboxylic acids is 1. The summed E-state index contributed by atoms with van der Waals surface area (Å²) in [5.74, 6) is -0.948. The van der Waals surface area contributed by atoms with Crippen LogP contribution < -0.4 is 15.8 Å². The van der Waals surface area contributed by atoms with E-state index in [1.165, 1.54) is 12.1 Å². The predicted octanol–water partition coefficient (Wildman–Crippen LogP) is 1.41. The third-order valence-electron chi connectivity index (χ3n) is 3.17. The lowest BCUT2D eigenvalue weighted by Gasteiger charge is -2.25. The number of carbonyl (C=O) groups is 2. The van der Waals surface area contributed by atoms with Gasteiger partial charge in [0.25, 0.3) is 0 Å². The van der Waals surface area contributed by atoms with Crippen LogP contribution in [0.3, 0.4) is 0 Å². The molecule has 23 heavy (non-hydrogen) atoms. The number of amides is 2. The van der Waals surface area contributed by atoms with Gasteiger partial charge < -0.3 is 15.7 Å². The van der Waals surface area contributed by atoms with Crippen molar-refractivity contribution in [2.75, 3.05) is 5.32 Å². The smallest absolute Gasteiger partial charge is 0.319 e. The molecule has 0 aromatic heterocycles. The summed E-state index contributed by atoms with van der Waals surface area (Å²) in [7, 11) is -3.88. The largest absolute Gasteiger partial charge is 0.481 e. The standard InChI is InChI=1S/C14H21N3O5S/c1-9-4-5-10(8-11(9)23(15,21)22)16-13(20)17-14(2,3)7-6-12(18)19/h4-5,8H,6-7H2,1-3H3,(H,18,19)(H2,15,21,22)(H2,16,17,20). The van der Waals surface area contributed by atoms with Crippen LogP contribution in [0.25, 0.3) is 0 Å². The van der Waals surface area contributed by atoms with Crippen LogP contribution in [0.5, 0.6) is 0 Å². The Balaban J connectivity index is 2.80. The Morgan fingerprint density at radius 3 is 2.43 bits per heavy atom. The zero-order chi connectivity index (χ0) is 17.8. The molecule has 0 fully saturated rings. The Bertz CT molecular complexity index is 713. The summed E-state index contributed by atoms with van der Waals surface area (Å²) in [6, 6.07) is 3.79. The average molecular weight is 343 g/mol. The highest BCUT2D eigenvalue weighted by molar-refractivity contribution is 7.89. The minimum absolute atomic E-state index is 0.0690. The molecule has 0 saturated heterocycles. The molecule has 2 amide bonds. The first kappa shape index (κ1) is 18.9. The lowest BCUT2D eigenvalue weighted by atomic mass is 9.99. The molecule has 1 aromatic rings. The average Bonchev–Trinajstić information content (AvgIpc) is 2.37. The maximum atomic E-state index is 12.0. The molecular formula is C14H21N3O5S. The molecule has 0 aliphatic rings. The zero-order valence-corrected chi connectivity index (χ0v) is 14.0. The van der Waals surface area contributed by atoms with Crippen LogP contribution >= 0.6 is 0 Å². The lowest BCUT2D eigenvalue weighted by Crippen LogP contribution is -2.45. The van der Waals surface area contributed by atoms with Gasteiger partial charge in [-0.25, -0.2) is 18.4 Å². The molecule has 1 aromatic carbocycles. The Hall–Kier alpha value is -2.13. The lowest BCUT2D eigenvalue weighted by molar-refractivity contribution is -0.137. The fourth-order valence-electron chi connectivity index (χ4n) is 1.94. The van der Waals surface area contributed by atoms with E-state index in [4.69, 9.17) is 10.2 Å². The summed E-state index contributed by atoms with van der Waals surface area (Å²) in [6.45, 7) is 4.99. The summed E-state index contributed by atoms with van der Waals surface area (Å²) < 4.78 is 22.9. The first-order valence-corrected chi connectivity index (χ1v) is 8.40. The Labute approximate surface area is 135 Å². The van der Waals surface area contributed by atoms with Crippen molar-refractivity contribution < 1.29 is 23.1 Å². The van der Waals surface area contributed by atoms with E-state index in [1.54, 1.807) is 26.8 Å². The van der Waals surface area contributed by atoms with Crippen LogP contribution in [0.1, 0.15) is 32.3 Å². The highest BCUT2D eigenvalue weighted by Gasteiger charge is 2.22. The number of anilines is 1. The van der Waals surface area contributed by atoms with Crippen LogP contribution in [-0.2, 0) is 14.8 Å². The number of sulfonamides is 1. The molecule has 1 rings (SSSR count). The molecule has 0 bridgehead atoms. The van der Waals surface area contributed by atoms with Gasteiger partial charge in [0.2, 0.25) is 10.0 Å². The first-order valence-electron chi connectivity index (χ1n) is 6.85. The molecule has 0 atom stereocenters. The molecule has 8 nitrogen and oxygen atoms in total. The fraction of sp³-hybridized carbons (Fsp3) is 0.429. The number of nitrogens with two attached hydrogens (primary N) is 1. The molecule has 0 aliphatic carbocycles. The Morgan fingerprint density at radius 1 is 1.30 bits per heavy atom. The van der Waals surface area contributed by atoms with E-state index in [0.717, 1.165) is 0 Å². The highest BCUT2D eigenvalue weighted by atomic mass is 32.2. The number of hydrogen-bond acceptors (Lipinski definition) is 4. The molecule has 0 heterocycles. The zero-order valence-electron chi connectivity index (χ0n) is 13.2. The number of primary sulfonamides is 1. The van der Waals surface area contributed by atoms with Crippen molar-refractivity contribution >= 4 is 27.7 Å². The van der Waals surface area contributed by atoms with Crippen LogP contribution in [0.4, 0.5) is 10.5 Å². The van der Waals surface area contributed by atoms with E-state index in [-0.39, 0.29) is 23.4 Å². The SMILES string of the molecule is Cc1ccc(NC(=O)NC(C)(C)CCC(=O)O)cc1S(N)(=O)=O. The maximum Gasteiger partial charge on any atom is 0.319 e. The second kappa shape index (κ2) is 6.97. The number of benzene rings is 1. The van der Waals surface area contributed by atoms with Gasteiger partial charge in [-0.2, -0.15) is 0 Å². The van der Waals surface area contributed by atoms with Gasteiger partial charge in [-0.1, -0.05) is 6.07 Å². The van der Waals surface area contributed by atoms with E-state index < -0.39 is 27.6 Å². The molecule has 0 spiro atoms. The number of nitrogens with one attached hydrogen (secondary N) is 2. The normalized spacial score (nSPS) is 11.8. The molecule has 5 N–H and O–H groups in total. The molecule has 0 aliphatic heterocycles. The molecule has 128 valence electrons. The number of urea groups is 1. The Morgan fingerprint density at radius 2 is 1.91 bits per heavy atom. The summed E-state index contributed by atoms with van der Waals surface area (Å²) in [5, 5.41) is 18.9. The number of aryl methyl sites for hydroxylation is 1. The molecule has 0 unspecified atom stereocenters. The van der Waals surface area contributed by atoms with Gasteiger partial charge in [0.15, 0.2) is 0 Å². The van der Waals surface area contributed by atoms with Gasteiger partial charge in [-0.15, -0.1) is 0 Å². The monoisotopic (exact) mass is 343 g/mol. The third-order valence-corrected chi connectivity index (χ3v) is 4.22. The van der Waals surface area contributed by atoms with E-state index in [2.05, 4.69) is 10.6 Å². The van der Waals surface area contributed by atoms with Crippen LogP contribution in [0.15, 0.2) is 23.1 Å². The number of carbonyl (C=O) groups excluding carboxylic acids is 1. The summed E-state index contributed by atoms with van der Waals surface area (Å²) in [5.41, 5.74) is 0.0158. The van der Waals surface area contributed by atoms with Gasteiger partial charge in [0, 0.05) is 17.6 Å². The second-order valence-corrected chi connectivity index (χ2v) is 7.41. The van der Waals surface area contributed by atoms with E-state index in [1.807, 2.05) is 0 Å². The Kier molecular flexibility index (Phi) is 5.73. The first-order chi connectivity index (χ1) is 10.4. The van der Waals surface area contributed by atoms with Crippen molar-refractivity contribution in [1.82, 2.24) is 5.32 Å². The topological polar surface area (TPSA) is 139 Å². The minimum atomic E-state index is -3.88. The summed E-state index contributed by atoms with van der Waals surface area (Å²) in [4.78, 5) is 22.5. The van der Waals surface area contributed by atoms with Crippen molar-refractivity contribution in [3.63, 3.8) is 0 Å². The minimum Gasteiger partial charge on any atom is -0.481 e. The van der Waals surface area contributed by atoms with Crippen molar-refractivity contribution in [3.8, 4) is 0 Å². The fourth-order valence-corrected chi connectivity index (χ4v) is 2.74. The van der Waals surface area contributed by atoms with Gasteiger partial charge in [0.05, 0.1) is 4.90 Å². The maximum absolute atomic E-state index is 12.0. The van der Waals surface area contributed by atoms with Gasteiger partial charge in [0.1, 0.15) is 0 Å². The van der Waals surface area contributed by atoms with Gasteiger partial charge in [-0.05, 0) is 44.9 Å². The predicted molar refractivity (Wildman–Crippen MR) is 85.7 cm³/mol. The molecule has 0 radical (unpaired) electrons. The van der Waals surface area contributed by atoms with Crippen LogP contribution in [-0.4, -0.2) is 31.1 Å². The second-order valence-electron chi connectivity index (χ2n) is 5.88. The number of hydrogen-bond donors (Lipinski definition) is 4. The van der Waals surface area contributed by atoms with Crippen molar-refractivity contribution in [1.29, 1.82) is 0 Å². The van der Waals surface area contributed by atoms with E-state index >= 15 is 0 Å². The van der Waals surface area contributed by atoms with E-state index in [9.17, 15) is 18.0 Å². The highest BCUT2D eigenvalue weighted by Crippen LogP contribution is 2.19. The van der Waals surface area contributed by atoms with E-state index in [0.29, 0.717) is 5.56 Å². The number of carboxylic acid groups (broad SMARTS) is 1. The summed E-state index contributed by atoms with van der Waals surface area (Å²) >= 11 is 0. The third kappa shape index (κ3) is 6.25. The van der Waals surface area contributed by atoms with Crippen molar-refractivity contribution in [2.24, 2.45) is 5.14 Å². The quantitative estimate of drug-likeness (QED) is 0.618. The van der Waals surface area contributed by atoms with Crippen LogP contribution in [0.2, 0.25) is 0 Å². The van der Waals surface area contributed by atoms with Crippen LogP contribution in [0, 0.1) is 6.92 Å². The van der Waals surface area contributed by atoms with Crippen molar-refractivity contribution in [3.05, 3.63) is 23.8 Å². The molecule has 0 saturated carbocycles. The summed E-state index contributed by atoms with van der Waals surface area (Å²) in [6.07, 6.45) is 0.180. The number of aliphatic carboxylic acids is 1. The van der Waals surface area contributed by atoms with Gasteiger partial charge >= 0.3 is 12.0 Å².